The van der Waals surface area contributed by atoms with Gasteiger partial charge in [-0.3, -0.25) is 19.3 Å². The van der Waals surface area contributed by atoms with Crippen molar-refractivity contribution in [3.8, 4) is 0 Å². The molecular weight excluding hydrogens is 300 g/mol. The lowest BCUT2D eigenvalue weighted by Crippen LogP contribution is -2.35. The summed E-state index contributed by atoms with van der Waals surface area (Å²) in [5, 5.41) is 5.02. The first kappa shape index (κ1) is 16.7. The van der Waals surface area contributed by atoms with Gasteiger partial charge in [0.15, 0.2) is 0 Å². The molecule has 120 valence electrons. The maximum Gasteiger partial charge on any atom is 0.229 e. The Morgan fingerprint density at radius 2 is 2.00 bits per heavy atom. The zero-order chi connectivity index (χ0) is 16.1. The fraction of sp³-hybridized carbons (Fsp3) is 0.562. The first-order valence-electron chi connectivity index (χ1n) is 7.63. The van der Waals surface area contributed by atoms with Crippen LogP contribution < -0.4 is 5.32 Å². The molecule has 2 heterocycles. The van der Waals surface area contributed by atoms with Crippen molar-refractivity contribution in [1.29, 1.82) is 0 Å². The van der Waals surface area contributed by atoms with Crippen molar-refractivity contribution >= 4 is 29.1 Å². The Morgan fingerprint density at radius 1 is 1.32 bits per heavy atom. The van der Waals surface area contributed by atoms with Gasteiger partial charge >= 0.3 is 0 Å². The van der Waals surface area contributed by atoms with Crippen LogP contribution in [0.25, 0.3) is 0 Å². The molecular formula is C16H22N2O3S. The topological polar surface area (TPSA) is 66.5 Å². The quantitative estimate of drug-likeness (QED) is 0.784. The molecule has 1 fully saturated rings. The molecule has 0 bridgehead atoms. The van der Waals surface area contributed by atoms with Gasteiger partial charge in [0.25, 0.3) is 0 Å². The molecule has 3 amide bonds. The second kappa shape index (κ2) is 7.54. The number of hydrogen-bond donors (Lipinski definition) is 1. The molecule has 0 aromatic carbocycles. The number of amides is 3. The van der Waals surface area contributed by atoms with Crippen molar-refractivity contribution in [2.24, 2.45) is 5.92 Å². The predicted molar refractivity (Wildman–Crippen MR) is 85.2 cm³/mol. The van der Waals surface area contributed by atoms with Crippen molar-refractivity contribution in [2.45, 2.75) is 45.6 Å². The highest BCUT2D eigenvalue weighted by atomic mass is 32.1. The van der Waals surface area contributed by atoms with E-state index in [1.165, 1.54) is 4.90 Å². The van der Waals surface area contributed by atoms with Crippen LogP contribution in [-0.4, -0.2) is 29.2 Å². The van der Waals surface area contributed by atoms with Gasteiger partial charge in [0, 0.05) is 30.7 Å². The van der Waals surface area contributed by atoms with Crippen LogP contribution in [-0.2, 0) is 14.4 Å². The average Bonchev–Trinajstić information content (AvgIpc) is 3.07. The smallest absolute Gasteiger partial charge is 0.229 e. The molecule has 22 heavy (non-hydrogen) atoms. The van der Waals surface area contributed by atoms with E-state index in [1.807, 2.05) is 17.5 Å². The van der Waals surface area contributed by atoms with Crippen molar-refractivity contribution in [3.63, 3.8) is 0 Å². The molecule has 6 heteroatoms. The molecule has 1 aromatic rings. The van der Waals surface area contributed by atoms with Crippen molar-refractivity contribution < 1.29 is 14.4 Å². The van der Waals surface area contributed by atoms with Crippen LogP contribution in [0.4, 0.5) is 0 Å². The first-order chi connectivity index (χ1) is 10.5. The van der Waals surface area contributed by atoms with Crippen LogP contribution in [0.15, 0.2) is 17.5 Å². The number of imide groups is 1. The third-order valence-corrected chi connectivity index (χ3v) is 4.63. The van der Waals surface area contributed by atoms with Crippen LogP contribution >= 0.6 is 11.3 Å². The summed E-state index contributed by atoms with van der Waals surface area (Å²) in [5.74, 6) is 0.00487. The van der Waals surface area contributed by atoms with E-state index in [1.54, 1.807) is 11.3 Å². The maximum absolute atomic E-state index is 12.1. The van der Waals surface area contributed by atoms with Gasteiger partial charge in [-0.2, -0.15) is 0 Å². The molecule has 0 aliphatic carbocycles. The molecule has 0 unspecified atom stereocenters. The molecule has 1 N–H and O–H groups in total. The molecule has 1 aliphatic rings. The second-order valence-corrected chi connectivity index (χ2v) is 6.93. The van der Waals surface area contributed by atoms with Gasteiger partial charge < -0.3 is 5.32 Å². The minimum Gasteiger partial charge on any atom is -0.348 e. The Balaban J connectivity index is 1.88. The Bertz CT molecular complexity index is 524. The van der Waals surface area contributed by atoms with E-state index in [0.717, 1.165) is 11.3 Å². The molecule has 1 aromatic heterocycles. The number of carbonyl (C=O) groups excluding carboxylic acids is 3. The molecule has 1 saturated heterocycles. The summed E-state index contributed by atoms with van der Waals surface area (Å²) in [5.41, 5.74) is 0. The zero-order valence-corrected chi connectivity index (χ0v) is 13.8. The number of nitrogens with zero attached hydrogens (tertiary/aromatic N) is 1. The van der Waals surface area contributed by atoms with Gasteiger partial charge in [-0.1, -0.05) is 19.9 Å². The highest BCUT2D eigenvalue weighted by Gasteiger charge is 2.29. The number of hydrogen-bond acceptors (Lipinski definition) is 4. The maximum atomic E-state index is 12.1. The third kappa shape index (κ3) is 4.40. The molecule has 2 rings (SSSR count). The number of rotatable bonds is 7. The zero-order valence-electron chi connectivity index (χ0n) is 13.0. The van der Waals surface area contributed by atoms with Crippen LogP contribution in [0.2, 0.25) is 0 Å². The van der Waals surface area contributed by atoms with Crippen LogP contribution in [0, 0.1) is 5.92 Å². The SMILES string of the molecule is CC(C)C[C@H](NC(=O)CCN1C(=O)CCC1=O)c1cccs1. The van der Waals surface area contributed by atoms with Crippen LogP contribution in [0.5, 0.6) is 0 Å². The highest BCUT2D eigenvalue weighted by Crippen LogP contribution is 2.25. The van der Waals surface area contributed by atoms with Gasteiger partial charge in [0.1, 0.15) is 0 Å². The lowest BCUT2D eigenvalue weighted by Gasteiger charge is -2.20. The van der Waals surface area contributed by atoms with E-state index < -0.39 is 0 Å². The van der Waals surface area contributed by atoms with Crippen molar-refractivity contribution in [1.82, 2.24) is 10.2 Å². The molecule has 0 saturated carbocycles. The summed E-state index contributed by atoms with van der Waals surface area (Å²) in [4.78, 5) is 37.5. The third-order valence-electron chi connectivity index (χ3n) is 3.65. The first-order valence-corrected chi connectivity index (χ1v) is 8.51. The minimum atomic E-state index is -0.171. The lowest BCUT2D eigenvalue weighted by molar-refractivity contribution is -0.138. The van der Waals surface area contributed by atoms with Crippen LogP contribution in [0.1, 0.15) is 50.4 Å². The number of carbonyl (C=O) groups is 3. The predicted octanol–water partition coefficient (Wildman–Crippen LogP) is 2.49. The Hall–Kier alpha value is -1.69. The number of likely N-dealkylation sites (tertiary alicyclic amines) is 1. The number of thiophene rings is 1. The van der Waals surface area contributed by atoms with Gasteiger partial charge in [-0.25, -0.2) is 0 Å². The fourth-order valence-corrected chi connectivity index (χ4v) is 3.35. The lowest BCUT2D eigenvalue weighted by atomic mass is 10.0. The Kier molecular flexibility index (Phi) is 5.71. The highest BCUT2D eigenvalue weighted by molar-refractivity contribution is 7.10. The molecule has 0 radical (unpaired) electrons. The standard InChI is InChI=1S/C16H22N2O3S/c1-11(2)10-12(13-4-3-9-22-13)17-14(19)7-8-18-15(20)5-6-16(18)21/h3-4,9,11-12H,5-8,10H2,1-2H3,(H,17,19)/t12-/m0/s1. The van der Waals surface area contributed by atoms with E-state index in [-0.39, 0.29) is 49.6 Å². The number of nitrogens with one attached hydrogen (secondary N) is 1. The van der Waals surface area contributed by atoms with E-state index in [0.29, 0.717) is 5.92 Å². The monoisotopic (exact) mass is 322 g/mol. The largest absolute Gasteiger partial charge is 0.348 e. The van der Waals surface area contributed by atoms with Gasteiger partial charge in [-0.15, -0.1) is 11.3 Å². The van der Waals surface area contributed by atoms with E-state index >= 15 is 0 Å². The normalized spacial score (nSPS) is 16.4. The summed E-state index contributed by atoms with van der Waals surface area (Å²) in [6.07, 6.45) is 1.57. The molecule has 1 aliphatic heterocycles. The molecule has 5 nitrogen and oxygen atoms in total. The van der Waals surface area contributed by atoms with Crippen LogP contribution in [0.3, 0.4) is 0 Å². The molecule has 1 atom stereocenters. The van der Waals surface area contributed by atoms with E-state index in [4.69, 9.17) is 0 Å². The van der Waals surface area contributed by atoms with Crippen molar-refractivity contribution in [2.75, 3.05) is 6.54 Å². The van der Waals surface area contributed by atoms with Gasteiger partial charge in [0.2, 0.25) is 17.7 Å². The average molecular weight is 322 g/mol. The van der Waals surface area contributed by atoms with Gasteiger partial charge in [-0.05, 0) is 23.8 Å². The van der Waals surface area contributed by atoms with Gasteiger partial charge in [0.05, 0.1) is 6.04 Å². The summed E-state index contributed by atoms with van der Waals surface area (Å²) < 4.78 is 0. The fourth-order valence-electron chi connectivity index (χ4n) is 2.56. The Labute approximate surface area is 134 Å². The summed E-state index contributed by atoms with van der Waals surface area (Å²) in [6.45, 7) is 4.42. The second-order valence-electron chi connectivity index (χ2n) is 5.95. The summed E-state index contributed by atoms with van der Waals surface area (Å²) >= 11 is 1.63. The van der Waals surface area contributed by atoms with E-state index in [9.17, 15) is 14.4 Å². The van der Waals surface area contributed by atoms with Crippen molar-refractivity contribution in [3.05, 3.63) is 22.4 Å². The molecule has 0 spiro atoms. The summed E-state index contributed by atoms with van der Waals surface area (Å²) in [7, 11) is 0. The van der Waals surface area contributed by atoms with E-state index in [2.05, 4.69) is 19.2 Å². The Morgan fingerprint density at radius 3 is 2.55 bits per heavy atom. The summed E-state index contributed by atoms with van der Waals surface area (Å²) in [6, 6.07) is 3.99. The minimum absolute atomic E-state index is 0.00233.